The van der Waals surface area contributed by atoms with Gasteiger partial charge in [-0.15, -0.1) is 0 Å². The first-order valence-corrected chi connectivity index (χ1v) is 5.19. The van der Waals surface area contributed by atoms with Gasteiger partial charge in [0.2, 0.25) is 17.8 Å². The largest absolute Gasteiger partial charge is 0.368 e. The zero-order chi connectivity index (χ0) is 13.0. The van der Waals surface area contributed by atoms with E-state index in [1.807, 2.05) is 18.7 Å². The number of anilines is 3. The van der Waals surface area contributed by atoms with Crippen molar-refractivity contribution in [3.8, 4) is 0 Å². The van der Waals surface area contributed by atoms with E-state index in [-0.39, 0.29) is 11.9 Å². The molecule has 0 fully saturated rings. The zero-order valence-corrected chi connectivity index (χ0v) is 10.3. The maximum atomic E-state index is 5.55. The van der Waals surface area contributed by atoms with Crippen molar-refractivity contribution >= 4 is 17.8 Å². The molecule has 1 heterocycles. The predicted octanol–water partition coefficient (Wildman–Crippen LogP) is 0.995. The Morgan fingerprint density at radius 2 is 1.41 bits per heavy atom. The summed E-state index contributed by atoms with van der Waals surface area (Å²) in [5.74, 6) is 0.669. The molecule has 0 aromatic carbocycles. The lowest BCUT2D eigenvalue weighted by Crippen LogP contribution is -2.29. The lowest BCUT2D eigenvalue weighted by Gasteiger charge is -2.22. The van der Waals surface area contributed by atoms with Crippen LogP contribution < -0.4 is 16.4 Å². The van der Waals surface area contributed by atoms with Crippen molar-refractivity contribution in [3.05, 3.63) is 24.3 Å². The molecule has 0 amide bonds. The maximum Gasteiger partial charge on any atom is 0.232 e. The number of hydrogen-bond donors (Lipinski definition) is 2. The Bertz CT molecular complexity index is 403. The molecule has 6 nitrogen and oxygen atoms in total. The predicted molar refractivity (Wildman–Crippen MR) is 70.5 cm³/mol. The van der Waals surface area contributed by atoms with Gasteiger partial charge in [0, 0.05) is 13.1 Å². The van der Waals surface area contributed by atoms with Crippen molar-refractivity contribution in [2.75, 3.05) is 29.5 Å². The molecule has 92 valence electrons. The monoisotopic (exact) mass is 234 g/mol. The molecule has 0 aliphatic rings. The summed E-state index contributed by atoms with van der Waals surface area (Å²) in [5, 5.41) is 0. The van der Waals surface area contributed by atoms with Crippen LogP contribution in [0.1, 0.15) is 13.8 Å². The summed E-state index contributed by atoms with van der Waals surface area (Å²) in [5.41, 5.74) is 13.1. The van der Waals surface area contributed by atoms with E-state index in [0.717, 1.165) is 11.1 Å². The van der Waals surface area contributed by atoms with E-state index in [9.17, 15) is 0 Å². The third-order valence-corrected chi connectivity index (χ3v) is 1.86. The summed E-state index contributed by atoms with van der Waals surface area (Å²) in [6.45, 7) is 12.8. The van der Waals surface area contributed by atoms with Gasteiger partial charge in [0.05, 0.1) is 0 Å². The van der Waals surface area contributed by atoms with Crippen LogP contribution in [0.15, 0.2) is 24.3 Å². The topological polar surface area (TPSA) is 94.0 Å². The van der Waals surface area contributed by atoms with Gasteiger partial charge >= 0.3 is 0 Å². The van der Waals surface area contributed by atoms with Gasteiger partial charge in [-0.1, -0.05) is 24.3 Å². The minimum atomic E-state index is 0.112. The van der Waals surface area contributed by atoms with Crippen molar-refractivity contribution in [3.63, 3.8) is 0 Å². The average Bonchev–Trinajstić information content (AvgIpc) is 2.13. The molecule has 4 N–H and O–H groups in total. The lowest BCUT2D eigenvalue weighted by atomic mass is 10.3. The van der Waals surface area contributed by atoms with E-state index < -0.39 is 0 Å². The normalized spacial score (nSPS) is 10.0. The number of nitrogen functional groups attached to an aromatic ring is 2. The highest BCUT2D eigenvalue weighted by Gasteiger charge is 2.12. The molecule has 0 atom stereocenters. The molecule has 0 saturated heterocycles. The Morgan fingerprint density at radius 1 is 1.00 bits per heavy atom. The van der Waals surface area contributed by atoms with Crippen LogP contribution in [0.2, 0.25) is 0 Å². The third kappa shape index (κ3) is 4.10. The molecule has 6 heteroatoms. The minimum absolute atomic E-state index is 0.112. The van der Waals surface area contributed by atoms with Crippen molar-refractivity contribution < 1.29 is 0 Å². The number of rotatable bonds is 5. The van der Waals surface area contributed by atoms with Crippen LogP contribution >= 0.6 is 0 Å². The van der Waals surface area contributed by atoms with E-state index in [4.69, 9.17) is 11.5 Å². The van der Waals surface area contributed by atoms with Crippen LogP contribution in [0.25, 0.3) is 0 Å². The molecule has 0 aliphatic carbocycles. The van der Waals surface area contributed by atoms with Gasteiger partial charge < -0.3 is 16.4 Å². The first kappa shape index (κ1) is 13.0. The van der Waals surface area contributed by atoms with Crippen molar-refractivity contribution in [1.82, 2.24) is 15.0 Å². The van der Waals surface area contributed by atoms with Gasteiger partial charge in [0.15, 0.2) is 0 Å². The fourth-order valence-electron chi connectivity index (χ4n) is 1.39. The van der Waals surface area contributed by atoms with Gasteiger partial charge in [0.1, 0.15) is 0 Å². The van der Waals surface area contributed by atoms with E-state index >= 15 is 0 Å². The van der Waals surface area contributed by atoms with Crippen molar-refractivity contribution in [2.45, 2.75) is 13.8 Å². The first-order chi connectivity index (χ1) is 7.88. The second kappa shape index (κ2) is 5.29. The summed E-state index contributed by atoms with van der Waals surface area (Å²) in [6.07, 6.45) is 0. The van der Waals surface area contributed by atoms with Gasteiger partial charge in [0.25, 0.3) is 0 Å². The number of nitrogens with zero attached hydrogens (tertiary/aromatic N) is 4. The van der Waals surface area contributed by atoms with Crippen LogP contribution in [0.4, 0.5) is 17.8 Å². The van der Waals surface area contributed by atoms with E-state index in [1.54, 1.807) is 0 Å². The van der Waals surface area contributed by atoms with Crippen LogP contribution in [-0.2, 0) is 0 Å². The van der Waals surface area contributed by atoms with Gasteiger partial charge in [-0.2, -0.15) is 15.0 Å². The highest BCUT2D eigenvalue weighted by atomic mass is 15.3. The summed E-state index contributed by atoms with van der Waals surface area (Å²) in [7, 11) is 0. The fourth-order valence-corrected chi connectivity index (χ4v) is 1.39. The Morgan fingerprint density at radius 3 is 1.76 bits per heavy atom. The van der Waals surface area contributed by atoms with Crippen LogP contribution in [0, 0.1) is 0 Å². The van der Waals surface area contributed by atoms with Gasteiger partial charge in [-0.05, 0) is 13.8 Å². The molecule has 0 unspecified atom stereocenters. The Hall–Kier alpha value is -2.11. The molecular weight excluding hydrogens is 216 g/mol. The van der Waals surface area contributed by atoms with Gasteiger partial charge in [-0.3, -0.25) is 0 Å². The highest BCUT2D eigenvalue weighted by molar-refractivity contribution is 5.41. The van der Waals surface area contributed by atoms with E-state index in [0.29, 0.717) is 19.0 Å². The van der Waals surface area contributed by atoms with Crippen LogP contribution in [0.3, 0.4) is 0 Å². The quantitative estimate of drug-likeness (QED) is 0.738. The molecular formula is C11H18N6. The summed E-state index contributed by atoms with van der Waals surface area (Å²) < 4.78 is 0. The maximum absolute atomic E-state index is 5.55. The smallest absolute Gasteiger partial charge is 0.232 e. The second-order valence-electron chi connectivity index (χ2n) is 4.12. The molecule has 0 radical (unpaired) electrons. The van der Waals surface area contributed by atoms with Crippen LogP contribution in [0.5, 0.6) is 0 Å². The summed E-state index contributed by atoms with van der Waals surface area (Å²) in [4.78, 5) is 13.8. The van der Waals surface area contributed by atoms with Gasteiger partial charge in [-0.25, -0.2) is 0 Å². The molecule has 0 spiro atoms. The molecule has 0 saturated carbocycles. The lowest BCUT2D eigenvalue weighted by molar-refractivity contribution is 0.840. The third-order valence-electron chi connectivity index (χ3n) is 1.86. The second-order valence-corrected chi connectivity index (χ2v) is 4.12. The molecule has 1 rings (SSSR count). The highest BCUT2D eigenvalue weighted by Crippen LogP contribution is 2.13. The molecule has 0 aliphatic heterocycles. The van der Waals surface area contributed by atoms with Crippen molar-refractivity contribution in [1.29, 1.82) is 0 Å². The van der Waals surface area contributed by atoms with Crippen LogP contribution in [-0.4, -0.2) is 28.0 Å². The minimum Gasteiger partial charge on any atom is -0.368 e. The Labute approximate surface area is 101 Å². The molecule has 1 aromatic rings. The molecule has 1 aromatic heterocycles. The number of hydrogen-bond acceptors (Lipinski definition) is 6. The first-order valence-electron chi connectivity index (χ1n) is 5.19. The Kier molecular flexibility index (Phi) is 4.03. The number of aromatic nitrogens is 3. The Balaban J connectivity index is 3.02. The summed E-state index contributed by atoms with van der Waals surface area (Å²) in [6, 6.07) is 0. The molecule has 0 bridgehead atoms. The van der Waals surface area contributed by atoms with E-state index in [1.165, 1.54) is 0 Å². The van der Waals surface area contributed by atoms with E-state index in [2.05, 4.69) is 28.1 Å². The zero-order valence-electron chi connectivity index (χ0n) is 10.3. The fraction of sp³-hybridized carbons (Fsp3) is 0.364. The SMILES string of the molecule is C=C(C)CN(CC(=C)C)c1nc(N)nc(N)n1. The number of nitrogens with two attached hydrogens (primary N) is 2. The standard InChI is InChI=1S/C11H18N6/c1-7(2)5-17(6-8(3)4)11-15-9(12)14-10(13)16-11/h1,3,5-6H2,2,4H3,(H4,12,13,14,15,16). The average molecular weight is 234 g/mol. The molecule has 17 heavy (non-hydrogen) atoms. The van der Waals surface area contributed by atoms with Crippen molar-refractivity contribution in [2.24, 2.45) is 0 Å². The summed E-state index contributed by atoms with van der Waals surface area (Å²) >= 11 is 0.